The molecule has 1 aromatic carbocycles. The average molecular weight is 342 g/mol. The highest BCUT2D eigenvalue weighted by Crippen LogP contribution is 2.44. The molecular weight excluding hydrogens is 316 g/mol. The molecule has 0 bridgehead atoms. The predicted octanol–water partition coefficient (Wildman–Crippen LogP) is 5.47. The summed E-state index contributed by atoms with van der Waals surface area (Å²) in [7, 11) is 0. The number of benzene rings is 1. The largest absolute Gasteiger partial charge is 0.381 e. The van der Waals surface area contributed by atoms with E-state index in [-0.39, 0.29) is 0 Å². The third kappa shape index (κ3) is 2.84. The van der Waals surface area contributed by atoms with E-state index < -0.39 is 0 Å². The van der Waals surface area contributed by atoms with E-state index in [1.807, 2.05) is 0 Å². The van der Waals surface area contributed by atoms with Gasteiger partial charge in [-0.15, -0.1) is 0 Å². The fraction of sp³-hybridized carbons (Fsp3) is 0.333. The van der Waals surface area contributed by atoms with Crippen molar-refractivity contribution in [1.82, 2.24) is 5.32 Å². The minimum atomic E-state index is 0.488. The Labute approximate surface area is 156 Å². The van der Waals surface area contributed by atoms with Crippen LogP contribution >= 0.6 is 0 Å². The lowest BCUT2D eigenvalue weighted by atomic mass is 9.76. The first-order chi connectivity index (χ1) is 12.9. The summed E-state index contributed by atoms with van der Waals surface area (Å²) in [5.41, 5.74) is 7.33. The van der Waals surface area contributed by atoms with E-state index in [4.69, 9.17) is 0 Å². The Balaban J connectivity index is 1.41. The van der Waals surface area contributed by atoms with Gasteiger partial charge < -0.3 is 10.6 Å². The van der Waals surface area contributed by atoms with Gasteiger partial charge in [-0.2, -0.15) is 0 Å². The van der Waals surface area contributed by atoms with Gasteiger partial charge in [-0.3, -0.25) is 0 Å². The van der Waals surface area contributed by atoms with Gasteiger partial charge >= 0.3 is 0 Å². The maximum absolute atomic E-state index is 3.76. The molecule has 0 spiro atoms. The lowest BCUT2D eigenvalue weighted by Gasteiger charge is -2.30. The Kier molecular flexibility index (Phi) is 4.05. The lowest BCUT2D eigenvalue weighted by Crippen LogP contribution is -2.26. The van der Waals surface area contributed by atoms with E-state index in [1.54, 1.807) is 5.57 Å². The van der Waals surface area contributed by atoms with Crippen LogP contribution in [0, 0.1) is 11.8 Å². The number of para-hydroxylation sites is 1. The molecule has 2 heteroatoms. The summed E-state index contributed by atoms with van der Waals surface area (Å²) in [6.07, 6.45) is 19.7. The van der Waals surface area contributed by atoms with Crippen LogP contribution < -0.4 is 10.6 Å². The van der Waals surface area contributed by atoms with Crippen molar-refractivity contribution in [2.75, 3.05) is 5.32 Å². The Morgan fingerprint density at radius 1 is 1.00 bits per heavy atom. The average Bonchev–Trinajstić information content (AvgIpc) is 3.07. The summed E-state index contributed by atoms with van der Waals surface area (Å²) in [5.74, 6) is 1.20. The molecule has 3 atom stereocenters. The van der Waals surface area contributed by atoms with Gasteiger partial charge in [0.15, 0.2) is 0 Å². The Bertz CT molecular complexity index is 838. The first-order valence-corrected chi connectivity index (χ1v) is 9.93. The molecule has 1 aromatic rings. The summed E-state index contributed by atoms with van der Waals surface area (Å²) in [6, 6.07) is 11.1. The molecule has 3 aliphatic carbocycles. The zero-order chi connectivity index (χ0) is 17.3. The van der Waals surface area contributed by atoms with Crippen LogP contribution in [0.1, 0.15) is 32.1 Å². The number of nitrogens with one attached hydrogen (secondary N) is 2. The van der Waals surface area contributed by atoms with E-state index >= 15 is 0 Å². The molecule has 0 saturated heterocycles. The second-order valence-electron chi connectivity index (χ2n) is 7.78. The van der Waals surface area contributed by atoms with Gasteiger partial charge in [0.05, 0.1) is 6.04 Å². The van der Waals surface area contributed by atoms with Gasteiger partial charge in [0, 0.05) is 23.0 Å². The topological polar surface area (TPSA) is 24.1 Å². The van der Waals surface area contributed by atoms with Crippen molar-refractivity contribution in [3.63, 3.8) is 0 Å². The van der Waals surface area contributed by atoms with E-state index in [0.717, 1.165) is 12.8 Å². The minimum absolute atomic E-state index is 0.488. The van der Waals surface area contributed by atoms with Gasteiger partial charge in [-0.05, 0) is 61.3 Å². The van der Waals surface area contributed by atoms with Gasteiger partial charge in [-0.25, -0.2) is 0 Å². The molecule has 0 fully saturated rings. The van der Waals surface area contributed by atoms with Crippen LogP contribution in [0.25, 0.3) is 0 Å². The van der Waals surface area contributed by atoms with Crippen LogP contribution in [-0.2, 0) is 0 Å². The summed E-state index contributed by atoms with van der Waals surface area (Å²) < 4.78 is 0. The van der Waals surface area contributed by atoms with Crippen LogP contribution in [0.4, 0.5) is 5.69 Å². The molecule has 2 nitrogen and oxygen atoms in total. The molecule has 1 heterocycles. The number of allylic oxidation sites excluding steroid dienone is 7. The molecule has 132 valence electrons. The van der Waals surface area contributed by atoms with Crippen molar-refractivity contribution in [2.24, 2.45) is 11.8 Å². The third-order valence-corrected chi connectivity index (χ3v) is 6.19. The standard InChI is InChI=1S/C24H26N2/c1-2-8-18(9-3-1)25-22-12-6-4-10-19(22)17-14-15-24-21(16-17)20-11-5-7-13-23(20)26-24/h1-5,7-11,13,17,20,23,25-26H,6,12,14-16H2/t17-,20?,23?/m1/s1. The first kappa shape index (κ1) is 15.7. The molecular formula is C24H26N2. The summed E-state index contributed by atoms with van der Waals surface area (Å²) >= 11 is 0. The van der Waals surface area contributed by atoms with Gasteiger partial charge in [-0.1, -0.05) is 54.7 Å². The molecule has 0 radical (unpaired) electrons. The fourth-order valence-corrected chi connectivity index (χ4v) is 4.91. The number of anilines is 1. The maximum atomic E-state index is 3.76. The highest BCUT2D eigenvalue weighted by molar-refractivity contribution is 5.52. The quantitative estimate of drug-likeness (QED) is 0.761. The number of hydrogen-bond donors (Lipinski definition) is 2. The molecule has 4 aliphatic rings. The van der Waals surface area contributed by atoms with Crippen LogP contribution in [0.2, 0.25) is 0 Å². The van der Waals surface area contributed by atoms with Crippen molar-refractivity contribution < 1.29 is 0 Å². The van der Waals surface area contributed by atoms with Crippen molar-refractivity contribution in [3.8, 4) is 0 Å². The molecule has 0 saturated carbocycles. The molecule has 0 amide bonds. The number of rotatable bonds is 3. The fourth-order valence-electron chi connectivity index (χ4n) is 4.91. The molecule has 2 unspecified atom stereocenters. The SMILES string of the molecule is C1=CC2NC3=C(C[C@H](C4=C(Nc5ccccc5)CCC=C4)CC3)C2C=C1. The Morgan fingerprint density at radius 2 is 1.88 bits per heavy atom. The van der Waals surface area contributed by atoms with Crippen LogP contribution in [-0.4, -0.2) is 6.04 Å². The molecule has 2 N–H and O–H groups in total. The van der Waals surface area contributed by atoms with Crippen LogP contribution in [0.15, 0.2) is 89.3 Å². The summed E-state index contributed by atoms with van der Waals surface area (Å²) in [6.45, 7) is 0. The number of hydrogen-bond acceptors (Lipinski definition) is 2. The Morgan fingerprint density at radius 3 is 2.81 bits per heavy atom. The van der Waals surface area contributed by atoms with E-state index in [1.165, 1.54) is 41.9 Å². The third-order valence-electron chi connectivity index (χ3n) is 6.19. The molecule has 5 rings (SSSR count). The van der Waals surface area contributed by atoms with Crippen molar-refractivity contribution in [3.05, 3.63) is 89.3 Å². The first-order valence-electron chi connectivity index (χ1n) is 9.93. The highest BCUT2D eigenvalue weighted by atomic mass is 15.0. The van der Waals surface area contributed by atoms with Gasteiger partial charge in [0.25, 0.3) is 0 Å². The maximum Gasteiger partial charge on any atom is 0.0545 e. The van der Waals surface area contributed by atoms with E-state index in [0.29, 0.717) is 17.9 Å². The van der Waals surface area contributed by atoms with Crippen molar-refractivity contribution in [2.45, 2.75) is 38.1 Å². The van der Waals surface area contributed by atoms with Gasteiger partial charge in [0.2, 0.25) is 0 Å². The highest BCUT2D eigenvalue weighted by Gasteiger charge is 2.36. The van der Waals surface area contributed by atoms with Crippen LogP contribution in [0.3, 0.4) is 0 Å². The second-order valence-corrected chi connectivity index (χ2v) is 7.78. The minimum Gasteiger partial charge on any atom is -0.381 e. The van der Waals surface area contributed by atoms with Crippen molar-refractivity contribution in [1.29, 1.82) is 0 Å². The lowest BCUT2D eigenvalue weighted by molar-refractivity contribution is 0.509. The Hall–Kier alpha value is -2.48. The zero-order valence-electron chi connectivity index (χ0n) is 15.1. The smallest absolute Gasteiger partial charge is 0.0545 e. The van der Waals surface area contributed by atoms with E-state index in [2.05, 4.69) is 77.4 Å². The monoisotopic (exact) mass is 342 g/mol. The predicted molar refractivity (Wildman–Crippen MR) is 109 cm³/mol. The molecule has 1 aliphatic heterocycles. The summed E-state index contributed by atoms with van der Waals surface area (Å²) in [5, 5.41) is 7.48. The summed E-state index contributed by atoms with van der Waals surface area (Å²) in [4.78, 5) is 0. The van der Waals surface area contributed by atoms with Crippen molar-refractivity contribution >= 4 is 5.69 Å². The molecule has 26 heavy (non-hydrogen) atoms. The normalized spacial score (nSPS) is 29.5. The number of fused-ring (bicyclic) bond motifs is 2. The zero-order valence-corrected chi connectivity index (χ0v) is 15.1. The second kappa shape index (κ2) is 6.68. The van der Waals surface area contributed by atoms with E-state index in [9.17, 15) is 0 Å². The molecule has 0 aromatic heterocycles. The van der Waals surface area contributed by atoms with Crippen LogP contribution in [0.5, 0.6) is 0 Å². The van der Waals surface area contributed by atoms with Gasteiger partial charge in [0.1, 0.15) is 0 Å².